The zero-order chi connectivity index (χ0) is 20.8. The molecule has 0 radical (unpaired) electrons. The average Bonchev–Trinajstić information content (AvgIpc) is 2.72. The van der Waals surface area contributed by atoms with Gasteiger partial charge in [0.15, 0.2) is 0 Å². The summed E-state index contributed by atoms with van der Waals surface area (Å²) in [7, 11) is 0. The second-order valence-electron chi connectivity index (χ2n) is 7.24. The fourth-order valence-corrected chi connectivity index (χ4v) is 3.34. The molecule has 3 rings (SSSR count). The molecule has 1 saturated heterocycles. The van der Waals surface area contributed by atoms with E-state index in [1.807, 2.05) is 45.0 Å². The summed E-state index contributed by atoms with van der Waals surface area (Å²) >= 11 is 0. The third-order valence-corrected chi connectivity index (χ3v) is 5.24. The molecule has 7 heteroatoms. The fourth-order valence-electron chi connectivity index (χ4n) is 3.34. The van der Waals surface area contributed by atoms with Crippen LogP contribution in [0.1, 0.15) is 41.4 Å². The van der Waals surface area contributed by atoms with Crippen LogP contribution in [0.5, 0.6) is 0 Å². The average molecular weight is 396 g/mol. The Balaban J connectivity index is 1.53. The smallest absolute Gasteiger partial charge is 0.409 e. The van der Waals surface area contributed by atoms with E-state index in [0.717, 1.165) is 35.3 Å². The number of benzene rings is 1. The van der Waals surface area contributed by atoms with Crippen LogP contribution in [0.15, 0.2) is 36.5 Å². The number of amides is 2. The van der Waals surface area contributed by atoms with Crippen LogP contribution in [0.2, 0.25) is 0 Å². The fraction of sp³-hybridized carbons (Fsp3) is 0.409. The minimum Gasteiger partial charge on any atom is -0.450 e. The van der Waals surface area contributed by atoms with Gasteiger partial charge in [-0.25, -0.2) is 9.78 Å². The highest BCUT2D eigenvalue weighted by molar-refractivity contribution is 6.03. The summed E-state index contributed by atoms with van der Waals surface area (Å²) in [5.41, 5.74) is 4.21. The van der Waals surface area contributed by atoms with Crippen LogP contribution in [-0.2, 0) is 4.74 Å². The van der Waals surface area contributed by atoms with Crippen LogP contribution in [0.25, 0.3) is 0 Å². The minimum absolute atomic E-state index is 0.229. The van der Waals surface area contributed by atoms with Gasteiger partial charge in [0.05, 0.1) is 18.5 Å². The first-order valence-corrected chi connectivity index (χ1v) is 9.99. The van der Waals surface area contributed by atoms with Crippen molar-refractivity contribution in [1.29, 1.82) is 0 Å². The van der Waals surface area contributed by atoms with E-state index in [2.05, 4.69) is 15.6 Å². The topological polar surface area (TPSA) is 83.6 Å². The van der Waals surface area contributed by atoms with Gasteiger partial charge in [0.2, 0.25) is 0 Å². The number of nitrogens with one attached hydrogen (secondary N) is 2. The number of pyridine rings is 1. The largest absolute Gasteiger partial charge is 0.450 e. The lowest BCUT2D eigenvalue weighted by molar-refractivity contribution is 0.0982. The maximum Gasteiger partial charge on any atom is 0.409 e. The lowest BCUT2D eigenvalue weighted by atomic mass is 10.1. The van der Waals surface area contributed by atoms with Gasteiger partial charge in [0, 0.05) is 24.8 Å². The van der Waals surface area contributed by atoms with Crippen LogP contribution in [0.4, 0.5) is 16.2 Å². The molecular formula is C22H28N4O3. The third kappa shape index (κ3) is 5.25. The van der Waals surface area contributed by atoms with Gasteiger partial charge in [0.25, 0.3) is 5.91 Å². The monoisotopic (exact) mass is 396 g/mol. The molecule has 29 heavy (non-hydrogen) atoms. The molecule has 0 aliphatic carbocycles. The molecule has 0 unspecified atom stereocenters. The Hall–Kier alpha value is -3.09. The van der Waals surface area contributed by atoms with Crippen molar-refractivity contribution in [2.45, 2.75) is 39.7 Å². The summed E-state index contributed by atoms with van der Waals surface area (Å²) in [5, 5.41) is 6.35. The molecule has 1 aliphatic rings. The normalized spacial score (nSPS) is 14.4. The molecule has 1 aromatic carbocycles. The van der Waals surface area contributed by atoms with E-state index in [1.54, 1.807) is 17.2 Å². The van der Waals surface area contributed by atoms with Gasteiger partial charge in [-0.15, -0.1) is 0 Å². The number of ether oxygens (including phenoxy) is 1. The standard InChI is InChI=1S/C22H28N4O3/c1-4-29-22(28)26-12-10-17(11-13-26)24-18-8-9-20(23-14-18)21(27)25-19-7-5-6-15(2)16(19)3/h5-9,14,17,24H,4,10-13H2,1-3H3,(H,25,27). The number of nitrogens with zero attached hydrogens (tertiary/aromatic N) is 2. The molecular weight excluding hydrogens is 368 g/mol. The number of hydrogen-bond acceptors (Lipinski definition) is 5. The van der Waals surface area contributed by atoms with Crippen molar-refractivity contribution in [2.24, 2.45) is 0 Å². The zero-order valence-electron chi connectivity index (χ0n) is 17.2. The Morgan fingerprint density at radius 3 is 2.59 bits per heavy atom. The lowest BCUT2D eigenvalue weighted by Crippen LogP contribution is -2.42. The first-order chi connectivity index (χ1) is 14.0. The van der Waals surface area contributed by atoms with Crippen molar-refractivity contribution >= 4 is 23.4 Å². The molecule has 0 atom stereocenters. The summed E-state index contributed by atoms with van der Waals surface area (Å²) < 4.78 is 5.05. The number of rotatable bonds is 5. The predicted octanol–water partition coefficient (Wildman–Crippen LogP) is 3.98. The van der Waals surface area contributed by atoms with E-state index in [4.69, 9.17) is 4.74 Å². The quantitative estimate of drug-likeness (QED) is 0.799. The first-order valence-electron chi connectivity index (χ1n) is 9.99. The van der Waals surface area contributed by atoms with E-state index >= 15 is 0 Å². The number of aryl methyl sites for hydroxylation is 1. The van der Waals surface area contributed by atoms with E-state index < -0.39 is 0 Å². The molecule has 7 nitrogen and oxygen atoms in total. The summed E-state index contributed by atoms with van der Waals surface area (Å²) in [6, 6.07) is 9.67. The van der Waals surface area contributed by atoms with Crippen molar-refractivity contribution in [2.75, 3.05) is 30.3 Å². The van der Waals surface area contributed by atoms with Crippen molar-refractivity contribution in [1.82, 2.24) is 9.88 Å². The highest BCUT2D eigenvalue weighted by Gasteiger charge is 2.23. The molecule has 2 N–H and O–H groups in total. The van der Waals surface area contributed by atoms with Gasteiger partial charge in [0.1, 0.15) is 5.69 Å². The van der Waals surface area contributed by atoms with Crippen molar-refractivity contribution in [3.05, 3.63) is 53.3 Å². The number of piperidine rings is 1. The minimum atomic E-state index is -0.244. The molecule has 1 fully saturated rings. The van der Waals surface area contributed by atoms with Crippen molar-refractivity contribution in [3.63, 3.8) is 0 Å². The highest BCUT2D eigenvalue weighted by atomic mass is 16.6. The Morgan fingerprint density at radius 2 is 1.93 bits per heavy atom. The number of carbonyl (C=O) groups excluding carboxylic acids is 2. The van der Waals surface area contributed by atoms with Gasteiger partial charge < -0.3 is 20.3 Å². The summed E-state index contributed by atoms with van der Waals surface area (Å²) in [5.74, 6) is -0.229. The molecule has 154 valence electrons. The van der Waals surface area contributed by atoms with Crippen LogP contribution in [0.3, 0.4) is 0 Å². The van der Waals surface area contributed by atoms with Crippen LogP contribution >= 0.6 is 0 Å². The number of hydrogen-bond donors (Lipinski definition) is 2. The van der Waals surface area contributed by atoms with E-state index in [9.17, 15) is 9.59 Å². The second-order valence-corrected chi connectivity index (χ2v) is 7.24. The van der Waals surface area contributed by atoms with Crippen molar-refractivity contribution < 1.29 is 14.3 Å². The molecule has 2 amide bonds. The molecule has 1 aliphatic heterocycles. The van der Waals surface area contributed by atoms with Crippen molar-refractivity contribution in [3.8, 4) is 0 Å². The van der Waals surface area contributed by atoms with Gasteiger partial charge in [-0.05, 0) is 62.9 Å². The SMILES string of the molecule is CCOC(=O)N1CCC(Nc2ccc(C(=O)Nc3cccc(C)c3C)nc2)CC1. The summed E-state index contributed by atoms with van der Waals surface area (Å²) in [6.45, 7) is 7.54. The van der Waals surface area contributed by atoms with Crippen LogP contribution < -0.4 is 10.6 Å². The third-order valence-electron chi connectivity index (χ3n) is 5.24. The summed E-state index contributed by atoms with van der Waals surface area (Å²) in [6.07, 6.45) is 3.11. The van der Waals surface area contributed by atoms with Gasteiger partial charge in [-0.2, -0.15) is 0 Å². The molecule has 0 spiro atoms. The van der Waals surface area contributed by atoms with Crippen LogP contribution in [-0.4, -0.2) is 47.6 Å². The maximum absolute atomic E-state index is 12.5. The molecule has 1 aromatic heterocycles. The van der Waals surface area contributed by atoms with Gasteiger partial charge >= 0.3 is 6.09 Å². The summed E-state index contributed by atoms with van der Waals surface area (Å²) in [4.78, 5) is 30.3. The number of carbonyl (C=O) groups is 2. The number of aromatic nitrogens is 1. The Bertz CT molecular complexity index is 859. The predicted molar refractivity (Wildman–Crippen MR) is 113 cm³/mol. The number of likely N-dealkylation sites (tertiary alicyclic amines) is 1. The molecule has 0 saturated carbocycles. The van der Waals surface area contributed by atoms with E-state index in [-0.39, 0.29) is 18.0 Å². The molecule has 2 aromatic rings. The lowest BCUT2D eigenvalue weighted by Gasteiger charge is -2.32. The highest BCUT2D eigenvalue weighted by Crippen LogP contribution is 2.20. The second kappa shape index (κ2) is 9.41. The Kier molecular flexibility index (Phi) is 6.69. The number of anilines is 2. The molecule has 2 heterocycles. The Labute approximate surface area is 171 Å². The zero-order valence-corrected chi connectivity index (χ0v) is 17.2. The van der Waals surface area contributed by atoms with Crippen LogP contribution in [0, 0.1) is 13.8 Å². The van der Waals surface area contributed by atoms with Gasteiger partial charge in [-0.1, -0.05) is 12.1 Å². The van der Waals surface area contributed by atoms with Gasteiger partial charge in [-0.3, -0.25) is 4.79 Å². The van der Waals surface area contributed by atoms with E-state index in [0.29, 0.717) is 25.4 Å². The maximum atomic E-state index is 12.5. The first kappa shape index (κ1) is 20.6. The van der Waals surface area contributed by atoms with E-state index in [1.165, 1.54) is 0 Å². The molecule has 0 bridgehead atoms. The Morgan fingerprint density at radius 1 is 1.17 bits per heavy atom.